The summed E-state index contributed by atoms with van der Waals surface area (Å²) in [5.74, 6) is 0.872. The van der Waals surface area contributed by atoms with Crippen LogP contribution < -0.4 is 25.6 Å². The standard InChI is InChI=1S/C16H16ClN3O3S/c1-22-13-7-5-12(6-8-13)18-16(24)20-19-15(21)10-23-14-4-2-3-11(17)9-14/h2-9H,10H2,1H3,(H,19,21)(H2,18,20,24). The van der Waals surface area contributed by atoms with Gasteiger partial charge in [0.25, 0.3) is 5.91 Å². The number of carbonyl (C=O) groups is 1. The highest BCUT2D eigenvalue weighted by Gasteiger charge is 2.04. The second kappa shape index (κ2) is 8.95. The van der Waals surface area contributed by atoms with E-state index in [4.69, 9.17) is 33.3 Å². The number of carbonyl (C=O) groups excluding carboxylic acids is 1. The van der Waals surface area contributed by atoms with Gasteiger partial charge in [-0.1, -0.05) is 17.7 Å². The van der Waals surface area contributed by atoms with Crippen molar-refractivity contribution in [1.82, 2.24) is 10.9 Å². The van der Waals surface area contributed by atoms with E-state index in [0.29, 0.717) is 10.8 Å². The molecule has 6 nitrogen and oxygen atoms in total. The van der Waals surface area contributed by atoms with Crippen LogP contribution in [-0.4, -0.2) is 24.7 Å². The summed E-state index contributed by atoms with van der Waals surface area (Å²) in [5.41, 5.74) is 5.79. The Hall–Kier alpha value is -2.51. The van der Waals surface area contributed by atoms with Crippen LogP contribution in [0.25, 0.3) is 0 Å². The zero-order chi connectivity index (χ0) is 17.4. The number of hydrazine groups is 1. The largest absolute Gasteiger partial charge is 0.497 e. The summed E-state index contributed by atoms with van der Waals surface area (Å²) in [6.07, 6.45) is 0. The van der Waals surface area contributed by atoms with Crippen LogP contribution in [0.4, 0.5) is 5.69 Å². The Labute approximate surface area is 150 Å². The summed E-state index contributed by atoms with van der Waals surface area (Å²) < 4.78 is 10.4. The van der Waals surface area contributed by atoms with Crippen LogP contribution in [0.3, 0.4) is 0 Å². The number of hydrogen-bond acceptors (Lipinski definition) is 4. The third-order valence-electron chi connectivity index (χ3n) is 2.83. The lowest BCUT2D eigenvalue weighted by atomic mass is 10.3. The molecule has 0 spiro atoms. The summed E-state index contributed by atoms with van der Waals surface area (Å²) in [7, 11) is 1.59. The molecule has 2 rings (SSSR count). The van der Waals surface area contributed by atoms with Crippen molar-refractivity contribution in [2.45, 2.75) is 0 Å². The quantitative estimate of drug-likeness (QED) is 0.559. The maximum Gasteiger partial charge on any atom is 0.276 e. The molecular formula is C16H16ClN3O3S. The van der Waals surface area contributed by atoms with E-state index in [0.717, 1.165) is 11.4 Å². The predicted molar refractivity (Wildman–Crippen MR) is 97.4 cm³/mol. The first-order valence-electron chi connectivity index (χ1n) is 6.95. The molecule has 8 heteroatoms. The zero-order valence-electron chi connectivity index (χ0n) is 12.8. The van der Waals surface area contributed by atoms with Crippen LogP contribution in [0.5, 0.6) is 11.5 Å². The van der Waals surface area contributed by atoms with Gasteiger partial charge < -0.3 is 14.8 Å². The van der Waals surface area contributed by atoms with Gasteiger partial charge in [0, 0.05) is 10.7 Å². The minimum atomic E-state index is -0.381. The summed E-state index contributed by atoms with van der Waals surface area (Å²) >= 11 is 10.9. The Balaban J connectivity index is 1.71. The monoisotopic (exact) mass is 365 g/mol. The molecule has 2 aromatic carbocycles. The maximum atomic E-state index is 11.7. The number of anilines is 1. The molecule has 0 radical (unpaired) electrons. The maximum absolute atomic E-state index is 11.7. The molecule has 0 heterocycles. The minimum Gasteiger partial charge on any atom is -0.497 e. The lowest BCUT2D eigenvalue weighted by Gasteiger charge is -2.12. The summed E-state index contributed by atoms with van der Waals surface area (Å²) in [5, 5.41) is 3.71. The molecule has 0 atom stereocenters. The van der Waals surface area contributed by atoms with E-state index < -0.39 is 0 Å². The lowest BCUT2D eigenvalue weighted by Crippen LogP contribution is -2.45. The Morgan fingerprint density at radius 3 is 2.54 bits per heavy atom. The number of thiocarbonyl (C=S) groups is 1. The molecular weight excluding hydrogens is 350 g/mol. The van der Waals surface area contributed by atoms with Gasteiger partial charge in [0.2, 0.25) is 0 Å². The second-order valence-electron chi connectivity index (χ2n) is 4.60. The average molecular weight is 366 g/mol. The number of hydrogen-bond donors (Lipinski definition) is 3. The number of methoxy groups -OCH3 is 1. The van der Waals surface area contributed by atoms with Crippen LogP contribution in [0.15, 0.2) is 48.5 Å². The third-order valence-corrected chi connectivity index (χ3v) is 3.27. The van der Waals surface area contributed by atoms with E-state index in [1.54, 1.807) is 55.6 Å². The van der Waals surface area contributed by atoms with Crippen LogP contribution in [0.2, 0.25) is 5.02 Å². The van der Waals surface area contributed by atoms with Crippen LogP contribution in [0.1, 0.15) is 0 Å². The summed E-state index contributed by atoms with van der Waals surface area (Å²) in [6.45, 7) is -0.168. The van der Waals surface area contributed by atoms with E-state index in [2.05, 4.69) is 16.2 Å². The molecule has 0 bridgehead atoms. The van der Waals surface area contributed by atoms with E-state index in [9.17, 15) is 4.79 Å². The number of benzene rings is 2. The van der Waals surface area contributed by atoms with Crippen molar-refractivity contribution in [3.63, 3.8) is 0 Å². The number of rotatable bonds is 5. The molecule has 1 amide bonds. The van der Waals surface area contributed by atoms with Gasteiger partial charge in [0.15, 0.2) is 11.7 Å². The fourth-order valence-electron chi connectivity index (χ4n) is 1.70. The molecule has 3 N–H and O–H groups in total. The van der Waals surface area contributed by atoms with Crippen LogP contribution in [-0.2, 0) is 4.79 Å². The van der Waals surface area contributed by atoms with Gasteiger partial charge in [-0.25, -0.2) is 0 Å². The lowest BCUT2D eigenvalue weighted by molar-refractivity contribution is -0.123. The van der Waals surface area contributed by atoms with Crippen LogP contribution in [0, 0.1) is 0 Å². The van der Waals surface area contributed by atoms with Gasteiger partial charge in [-0.05, 0) is 54.7 Å². The Morgan fingerprint density at radius 1 is 1.12 bits per heavy atom. The van der Waals surface area contributed by atoms with Crippen molar-refractivity contribution >= 4 is 40.5 Å². The fraction of sp³-hybridized carbons (Fsp3) is 0.125. The average Bonchev–Trinajstić information content (AvgIpc) is 2.59. The molecule has 126 valence electrons. The molecule has 0 saturated heterocycles. The highest BCUT2D eigenvalue weighted by molar-refractivity contribution is 7.80. The molecule has 0 aliphatic carbocycles. The molecule has 0 saturated carbocycles. The van der Waals surface area contributed by atoms with Crippen molar-refractivity contribution in [3.05, 3.63) is 53.6 Å². The molecule has 0 aliphatic rings. The summed E-state index contributed by atoms with van der Waals surface area (Å²) in [4.78, 5) is 11.7. The second-order valence-corrected chi connectivity index (χ2v) is 5.45. The first-order valence-corrected chi connectivity index (χ1v) is 7.73. The fourth-order valence-corrected chi connectivity index (χ4v) is 2.05. The van der Waals surface area contributed by atoms with Crippen molar-refractivity contribution < 1.29 is 14.3 Å². The Bertz CT molecular complexity index is 710. The molecule has 2 aromatic rings. The number of halogens is 1. The van der Waals surface area contributed by atoms with Crippen molar-refractivity contribution in [3.8, 4) is 11.5 Å². The van der Waals surface area contributed by atoms with E-state index in [1.165, 1.54) is 0 Å². The number of ether oxygens (including phenoxy) is 2. The van der Waals surface area contributed by atoms with Gasteiger partial charge >= 0.3 is 0 Å². The van der Waals surface area contributed by atoms with Crippen molar-refractivity contribution in [2.75, 3.05) is 19.0 Å². The normalized spacial score (nSPS) is 9.75. The molecule has 0 aliphatic heterocycles. The van der Waals surface area contributed by atoms with Gasteiger partial charge in [0.1, 0.15) is 11.5 Å². The third kappa shape index (κ3) is 5.94. The first kappa shape index (κ1) is 17.8. The number of nitrogens with one attached hydrogen (secondary N) is 3. The molecule has 0 fully saturated rings. The van der Waals surface area contributed by atoms with Crippen molar-refractivity contribution in [1.29, 1.82) is 0 Å². The highest BCUT2D eigenvalue weighted by Crippen LogP contribution is 2.17. The van der Waals surface area contributed by atoms with Gasteiger partial charge in [-0.3, -0.25) is 15.6 Å². The summed E-state index contributed by atoms with van der Waals surface area (Å²) in [6, 6.07) is 14.0. The van der Waals surface area contributed by atoms with Crippen molar-refractivity contribution in [2.24, 2.45) is 0 Å². The molecule has 0 aromatic heterocycles. The Morgan fingerprint density at radius 2 is 1.88 bits per heavy atom. The van der Waals surface area contributed by atoms with Gasteiger partial charge in [0.05, 0.1) is 7.11 Å². The van der Waals surface area contributed by atoms with E-state index in [1.807, 2.05) is 0 Å². The van der Waals surface area contributed by atoms with Gasteiger partial charge in [-0.2, -0.15) is 0 Å². The van der Waals surface area contributed by atoms with E-state index in [-0.39, 0.29) is 17.6 Å². The van der Waals surface area contributed by atoms with Crippen LogP contribution >= 0.6 is 23.8 Å². The first-order chi connectivity index (χ1) is 11.6. The van der Waals surface area contributed by atoms with Gasteiger partial charge in [-0.15, -0.1) is 0 Å². The highest BCUT2D eigenvalue weighted by atomic mass is 35.5. The molecule has 0 unspecified atom stereocenters. The SMILES string of the molecule is COc1ccc(NC(=S)NNC(=O)COc2cccc(Cl)c2)cc1. The Kier molecular flexibility index (Phi) is 6.65. The topological polar surface area (TPSA) is 71.6 Å². The molecule has 24 heavy (non-hydrogen) atoms. The number of amides is 1. The smallest absolute Gasteiger partial charge is 0.276 e. The minimum absolute atomic E-state index is 0.168. The van der Waals surface area contributed by atoms with E-state index >= 15 is 0 Å². The zero-order valence-corrected chi connectivity index (χ0v) is 14.4. The predicted octanol–water partition coefficient (Wildman–Crippen LogP) is 2.75.